The van der Waals surface area contributed by atoms with Gasteiger partial charge in [-0.05, 0) is 12.3 Å². The van der Waals surface area contributed by atoms with Crippen molar-refractivity contribution in [1.82, 2.24) is 10.3 Å². The summed E-state index contributed by atoms with van der Waals surface area (Å²) in [5.41, 5.74) is 1.96. The van der Waals surface area contributed by atoms with E-state index in [1.807, 2.05) is 49.6 Å². The second-order valence-corrected chi connectivity index (χ2v) is 8.01. The fraction of sp³-hybridized carbons (Fsp3) is 0.389. The molecule has 25 heavy (non-hydrogen) atoms. The van der Waals surface area contributed by atoms with E-state index in [0.717, 1.165) is 15.6 Å². The molecule has 0 aliphatic rings. The van der Waals surface area contributed by atoms with Gasteiger partial charge in [0.25, 0.3) is 0 Å². The first-order valence-corrected chi connectivity index (χ1v) is 9.87. The Kier molecular flexibility index (Phi) is 7.46. The highest BCUT2D eigenvalue weighted by Crippen LogP contribution is 2.28. The average molecular weight is 379 g/mol. The minimum absolute atomic E-state index is 0.197. The van der Waals surface area contributed by atoms with Crippen molar-refractivity contribution >= 4 is 35.0 Å². The summed E-state index contributed by atoms with van der Waals surface area (Å²) < 4.78 is 5.58. The Morgan fingerprint density at radius 2 is 2.00 bits per heavy atom. The third-order valence-corrected chi connectivity index (χ3v) is 5.43. The zero-order valence-electron chi connectivity index (χ0n) is 14.5. The number of thiazole rings is 1. The minimum atomic E-state index is -0.603. The number of ether oxygens (including phenoxy) is 1. The highest BCUT2D eigenvalue weighted by molar-refractivity contribution is 8.01. The Hall–Kier alpha value is -1.86. The largest absolute Gasteiger partial charge is 0.467 e. The van der Waals surface area contributed by atoms with Crippen molar-refractivity contribution in [1.29, 1.82) is 0 Å². The number of hydrogen-bond acceptors (Lipinski definition) is 6. The van der Waals surface area contributed by atoms with Gasteiger partial charge in [-0.15, -0.1) is 11.3 Å². The summed E-state index contributed by atoms with van der Waals surface area (Å²) in [4.78, 5) is 28.4. The number of hydrogen-bond donors (Lipinski definition) is 1. The van der Waals surface area contributed by atoms with Crippen LogP contribution in [0.15, 0.2) is 40.1 Å². The van der Waals surface area contributed by atoms with E-state index in [1.165, 1.54) is 30.2 Å². The van der Waals surface area contributed by atoms with Gasteiger partial charge in [-0.25, -0.2) is 9.78 Å². The van der Waals surface area contributed by atoms with Gasteiger partial charge in [0.15, 0.2) is 4.34 Å². The number of carbonyl (C=O) groups is 2. The van der Waals surface area contributed by atoms with Crippen molar-refractivity contribution in [3.63, 3.8) is 0 Å². The number of thioether (sulfide) groups is 1. The Morgan fingerprint density at radius 3 is 2.64 bits per heavy atom. The first kappa shape index (κ1) is 19.5. The molecular weight excluding hydrogens is 356 g/mol. The maximum absolute atomic E-state index is 12.1. The number of rotatable bonds is 8. The van der Waals surface area contributed by atoms with Crippen LogP contribution in [0.3, 0.4) is 0 Å². The van der Waals surface area contributed by atoms with E-state index in [4.69, 9.17) is 4.74 Å². The van der Waals surface area contributed by atoms with E-state index in [-0.39, 0.29) is 17.6 Å². The van der Waals surface area contributed by atoms with Gasteiger partial charge < -0.3 is 10.1 Å². The molecule has 1 amide bonds. The first-order valence-electron chi connectivity index (χ1n) is 8.00. The summed E-state index contributed by atoms with van der Waals surface area (Å²) in [6.07, 6.45) is 0.554. The van der Waals surface area contributed by atoms with Gasteiger partial charge in [-0.2, -0.15) is 0 Å². The Labute approximate surface area is 156 Å². The Bertz CT molecular complexity index is 701. The van der Waals surface area contributed by atoms with Crippen LogP contribution in [0.25, 0.3) is 11.3 Å². The fourth-order valence-electron chi connectivity index (χ4n) is 2.26. The molecule has 2 aromatic rings. The zero-order valence-corrected chi connectivity index (χ0v) is 16.2. The predicted octanol–water partition coefficient (Wildman–Crippen LogP) is 3.61. The molecule has 0 fully saturated rings. The van der Waals surface area contributed by atoms with Gasteiger partial charge >= 0.3 is 5.97 Å². The molecule has 1 heterocycles. The van der Waals surface area contributed by atoms with Crippen LogP contribution in [-0.2, 0) is 14.3 Å². The molecule has 2 rings (SSSR count). The zero-order chi connectivity index (χ0) is 18.2. The molecule has 7 heteroatoms. The van der Waals surface area contributed by atoms with Crippen LogP contribution in [0.1, 0.15) is 20.3 Å². The van der Waals surface area contributed by atoms with Gasteiger partial charge in [0.2, 0.25) is 5.91 Å². The number of nitrogens with zero attached hydrogens (tertiary/aromatic N) is 1. The Balaban J connectivity index is 1.89. The van der Waals surface area contributed by atoms with Gasteiger partial charge in [0, 0.05) is 10.9 Å². The lowest BCUT2D eigenvalue weighted by molar-refractivity contribution is -0.145. The van der Waals surface area contributed by atoms with E-state index >= 15 is 0 Å². The predicted molar refractivity (Wildman–Crippen MR) is 102 cm³/mol. The number of benzene rings is 1. The smallest absolute Gasteiger partial charge is 0.328 e. The van der Waals surface area contributed by atoms with Crippen LogP contribution in [-0.4, -0.2) is 35.8 Å². The quantitative estimate of drug-likeness (QED) is 0.561. The molecule has 0 saturated carbocycles. The van der Waals surface area contributed by atoms with Crippen molar-refractivity contribution in [3.05, 3.63) is 35.7 Å². The normalized spacial score (nSPS) is 12.0. The van der Waals surface area contributed by atoms with Crippen LogP contribution >= 0.6 is 23.1 Å². The number of nitrogens with one attached hydrogen (secondary N) is 1. The van der Waals surface area contributed by atoms with Crippen LogP contribution in [0.2, 0.25) is 0 Å². The van der Waals surface area contributed by atoms with E-state index in [1.54, 1.807) is 0 Å². The number of aromatic nitrogens is 1. The molecule has 0 unspecified atom stereocenters. The highest BCUT2D eigenvalue weighted by atomic mass is 32.2. The molecule has 1 aromatic heterocycles. The van der Waals surface area contributed by atoms with Crippen molar-refractivity contribution in [2.24, 2.45) is 5.92 Å². The molecule has 0 radical (unpaired) electrons. The molecule has 1 atom stereocenters. The lowest BCUT2D eigenvalue weighted by Crippen LogP contribution is -2.43. The van der Waals surface area contributed by atoms with Crippen molar-refractivity contribution in [2.75, 3.05) is 12.9 Å². The maximum atomic E-state index is 12.1. The fourth-order valence-corrected chi connectivity index (χ4v) is 3.90. The second-order valence-electron chi connectivity index (χ2n) is 5.93. The van der Waals surface area contributed by atoms with E-state index in [2.05, 4.69) is 10.3 Å². The minimum Gasteiger partial charge on any atom is -0.467 e. The van der Waals surface area contributed by atoms with Gasteiger partial charge in [-0.3, -0.25) is 4.79 Å². The summed E-state index contributed by atoms with van der Waals surface area (Å²) in [5, 5.41) is 4.73. The molecule has 0 aliphatic heterocycles. The topological polar surface area (TPSA) is 68.3 Å². The molecule has 0 aliphatic carbocycles. The summed E-state index contributed by atoms with van der Waals surface area (Å²) in [5.74, 6) is -0.109. The summed E-state index contributed by atoms with van der Waals surface area (Å²) in [7, 11) is 1.33. The molecule has 5 nitrogen and oxygen atoms in total. The molecule has 1 aromatic carbocycles. The van der Waals surface area contributed by atoms with Crippen molar-refractivity contribution < 1.29 is 14.3 Å². The molecule has 134 valence electrons. The summed E-state index contributed by atoms with van der Waals surface area (Å²) >= 11 is 2.87. The lowest BCUT2D eigenvalue weighted by Gasteiger charge is -2.18. The van der Waals surface area contributed by atoms with Gasteiger partial charge in [-0.1, -0.05) is 55.9 Å². The standard InChI is InChI=1S/C18H22N2O3S2/c1-12(2)9-14(17(22)23-3)19-16(21)11-25-18-20-15(10-24-18)13-7-5-4-6-8-13/h4-8,10,12,14H,9,11H2,1-3H3,(H,19,21)/t14-/m1/s1. The molecule has 0 bridgehead atoms. The molecule has 0 saturated heterocycles. The highest BCUT2D eigenvalue weighted by Gasteiger charge is 2.22. The van der Waals surface area contributed by atoms with Crippen LogP contribution in [0.5, 0.6) is 0 Å². The maximum Gasteiger partial charge on any atom is 0.328 e. The van der Waals surface area contributed by atoms with E-state index in [0.29, 0.717) is 6.42 Å². The second kappa shape index (κ2) is 9.58. The molecule has 0 spiro atoms. The van der Waals surface area contributed by atoms with E-state index in [9.17, 15) is 9.59 Å². The lowest BCUT2D eigenvalue weighted by atomic mass is 10.0. The molecule has 1 N–H and O–H groups in total. The number of amides is 1. The average Bonchev–Trinajstić information content (AvgIpc) is 3.08. The third kappa shape index (κ3) is 6.17. The monoisotopic (exact) mass is 378 g/mol. The van der Waals surface area contributed by atoms with E-state index < -0.39 is 12.0 Å². The Morgan fingerprint density at radius 1 is 1.28 bits per heavy atom. The van der Waals surface area contributed by atoms with Crippen molar-refractivity contribution in [2.45, 2.75) is 30.6 Å². The molecular formula is C18H22N2O3S2. The first-order chi connectivity index (χ1) is 12.0. The summed E-state index contributed by atoms with van der Waals surface area (Å²) in [6.45, 7) is 4.00. The van der Waals surface area contributed by atoms with Crippen LogP contribution in [0.4, 0.5) is 0 Å². The van der Waals surface area contributed by atoms with Gasteiger partial charge in [0.05, 0.1) is 18.6 Å². The third-order valence-electron chi connectivity index (χ3n) is 3.41. The van der Waals surface area contributed by atoms with Gasteiger partial charge in [0.1, 0.15) is 6.04 Å². The summed E-state index contributed by atoms with van der Waals surface area (Å²) in [6, 6.07) is 9.30. The number of methoxy groups -OCH3 is 1. The van der Waals surface area contributed by atoms with Crippen LogP contribution in [0, 0.1) is 5.92 Å². The van der Waals surface area contributed by atoms with Crippen LogP contribution < -0.4 is 5.32 Å². The SMILES string of the molecule is COC(=O)[C@@H](CC(C)C)NC(=O)CSc1nc(-c2ccccc2)cs1. The number of carbonyl (C=O) groups excluding carboxylic acids is 2. The van der Waals surface area contributed by atoms with Crippen molar-refractivity contribution in [3.8, 4) is 11.3 Å². The number of esters is 1.